The van der Waals surface area contributed by atoms with Crippen molar-refractivity contribution in [3.8, 4) is 0 Å². The van der Waals surface area contributed by atoms with Crippen molar-refractivity contribution in [3.05, 3.63) is 46.8 Å². The Morgan fingerprint density at radius 2 is 2.00 bits per heavy atom. The van der Waals surface area contributed by atoms with Crippen LogP contribution in [0.3, 0.4) is 0 Å². The van der Waals surface area contributed by atoms with Gasteiger partial charge in [-0.2, -0.15) is 6.07 Å². The third-order valence-corrected chi connectivity index (χ3v) is 1.51. The van der Waals surface area contributed by atoms with Gasteiger partial charge in [0.1, 0.15) is 0 Å². The van der Waals surface area contributed by atoms with Crippen molar-refractivity contribution in [2.75, 3.05) is 0 Å². The van der Waals surface area contributed by atoms with E-state index in [1.807, 2.05) is 6.07 Å². The summed E-state index contributed by atoms with van der Waals surface area (Å²) in [6.45, 7) is 0. The molecule has 1 heterocycles. The van der Waals surface area contributed by atoms with Gasteiger partial charge in [0.15, 0.2) is 0 Å². The second-order valence-corrected chi connectivity index (χ2v) is 2.21. The molecule has 0 spiro atoms. The first kappa shape index (κ1) is 9.62. The summed E-state index contributed by atoms with van der Waals surface area (Å²) in [5, 5.41) is 0.579. The van der Waals surface area contributed by atoms with Crippen LogP contribution in [-0.4, -0.2) is 0 Å². The molecule has 12 heavy (non-hydrogen) atoms. The van der Waals surface area contributed by atoms with Gasteiger partial charge in [0.2, 0.25) is 0 Å². The van der Waals surface area contributed by atoms with Gasteiger partial charge in [-0.3, -0.25) is 0 Å². The summed E-state index contributed by atoms with van der Waals surface area (Å²) in [7, 11) is 0. The first-order valence-corrected chi connectivity index (χ1v) is 3.26. The maximum absolute atomic E-state index is 11.1. The fourth-order valence-electron chi connectivity index (χ4n) is 0.981. The summed E-state index contributed by atoms with van der Waals surface area (Å²) in [4.78, 5) is 11.1. The Balaban J connectivity index is 0.000000720. The third kappa shape index (κ3) is 1.65. The number of para-hydroxylation sites is 1. The maximum Gasteiger partial charge on any atom is 0.0546 e. The Kier molecular flexibility index (Phi) is 3.18. The van der Waals surface area contributed by atoms with Crippen molar-refractivity contribution in [2.24, 2.45) is 0 Å². The topological polar surface area (TPSA) is 30.2 Å². The molecule has 0 amide bonds. The predicted molar refractivity (Wildman–Crippen MR) is 41.3 cm³/mol. The number of hydrogen-bond donors (Lipinski definition) is 0. The molecule has 0 aliphatic heterocycles. The van der Waals surface area contributed by atoms with Gasteiger partial charge in [-0.1, -0.05) is 17.5 Å². The molecule has 0 aliphatic carbocycles. The minimum atomic E-state index is -0.119. The van der Waals surface area contributed by atoms with E-state index >= 15 is 0 Å². The molecule has 1 radical (unpaired) electrons. The molecular formula is C9H5O2Y-. The Bertz CT molecular complexity index is 428. The molecule has 2 aromatic rings. The monoisotopic (exact) mass is 234 g/mol. The van der Waals surface area contributed by atoms with Crippen molar-refractivity contribution in [2.45, 2.75) is 0 Å². The van der Waals surface area contributed by atoms with E-state index in [9.17, 15) is 4.79 Å². The summed E-state index contributed by atoms with van der Waals surface area (Å²) < 4.78 is 5.04. The molecule has 0 N–H and O–H groups in total. The smallest absolute Gasteiger partial charge is 0.0546 e. The van der Waals surface area contributed by atoms with Crippen molar-refractivity contribution >= 4 is 11.0 Å². The minimum absolute atomic E-state index is 0. The zero-order chi connectivity index (χ0) is 7.68. The molecule has 1 aromatic carbocycles. The second-order valence-electron chi connectivity index (χ2n) is 2.21. The van der Waals surface area contributed by atoms with Gasteiger partial charge < -0.3 is 9.21 Å². The van der Waals surface area contributed by atoms with Gasteiger partial charge in [-0.15, -0.1) is 6.07 Å². The Labute approximate surface area is 94.5 Å². The molecule has 57 valence electrons. The fraction of sp³-hybridized carbons (Fsp3) is 0. The molecule has 2 nitrogen and oxygen atoms in total. The van der Waals surface area contributed by atoms with Gasteiger partial charge in [0.05, 0.1) is 5.58 Å². The average molecular weight is 234 g/mol. The van der Waals surface area contributed by atoms with Crippen molar-refractivity contribution in [1.29, 1.82) is 0 Å². The summed E-state index contributed by atoms with van der Waals surface area (Å²) in [6.07, 6.45) is 1.28. The molecule has 1 aromatic heterocycles. The fourth-order valence-corrected chi connectivity index (χ4v) is 0.981. The van der Waals surface area contributed by atoms with Crippen LogP contribution in [0.15, 0.2) is 39.7 Å². The summed E-state index contributed by atoms with van der Waals surface area (Å²) in [6, 6.07) is 9.55. The molecule has 2 rings (SSSR count). The largest absolute Gasteiger partial charge is 0.503 e. The number of rotatable bonds is 0. The molecule has 3 heteroatoms. The van der Waals surface area contributed by atoms with E-state index in [1.54, 1.807) is 18.2 Å². The van der Waals surface area contributed by atoms with Crippen LogP contribution in [-0.2, 0) is 32.7 Å². The van der Waals surface area contributed by atoms with Gasteiger partial charge in [-0.25, -0.2) is 0 Å². The minimum Gasteiger partial charge on any atom is -0.503 e. The van der Waals surface area contributed by atoms with Crippen LogP contribution in [0.1, 0.15) is 0 Å². The summed E-state index contributed by atoms with van der Waals surface area (Å²) >= 11 is 0. The zero-order valence-electron chi connectivity index (χ0n) is 6.28. The Morgan fingerprint density at radius 3 is 2.75 bits per heavy atom. The number of benzene rings is 1. The molecular weight excluding hydrogens is 229 g/mol. The summed E-state index contributed by atoms with van der Waals surface area (Å²) in [5.74, 6) is 0. The standard InChI is InChI=1S/C9H5O2.Y/c10-8-5-6-11-9-4-2-1-3-7(8)9;/h1-4,6H;/q-1;. The van der Waals surface area contributed by atoms with Crippen molar-refractivity contribution in [3.63, 3.8) is 0 Å². The van der Waals surface area contributed by atoms with Crippen molar-refractivity contribution in [1.82, 2.24) is 0 Å². The van der Waals surface area contributed by atoms with E-state index in [2.05, 4.69) is 6.07 Å². The molecule has 0 atom stereocenters. The molecule has 0 saturated heterocycles. The van der Waals surface area contributed by atoms with E-state index in [1.165, 1.54) is 6.26 Å². The van der Waals surface area contributed by atoms with E-state index < -0.39 is 0 Å². The normalized spacial score (nSPS) is 9.33. The van der Waals surface area contributed by atoms with Crippen LogP contribution in [0, 0.1) is 6.07 Å². The van der Waals surface area contributed by atoms with Crippen LogP contribution in [0.25, 0.3) is 11.0 Å². The molecule has 0 unspecified atom stereocenters. The van der Waals surface area contributed by atoms with E-state index in [0.29, 0.717) is 11.0 Å². The predicted octanol–water partition coefficient (Wildman–Crippen LogP) is 1.59. The molecule has 0 saturated carbocycles. The van der Waals surface area contributed by atoms with Gasteiger partial charge in [-0.05, 0) is 6.07 Å². The maximum atomic E-state index is 11.1. The SMILES string of the molecule is O=c1[c-]coc2ccccc12.[Y]. The van der Waals surface area contributed by atoms with Crippen LogP contribution in [0.4, 0.5) is 0 Å². The van der Waals surface area contributed by atoms with E-state index in [4.69, 9.17) is 4.42 Å². The summed E-state index contributed by atoms with van der Waals surface area (Å²) in [5.41, 5.74) is 0.489. The Morgan fingerprint density at radius 1 is 1.25 bits per heavy atom. The van der Waals surface area contributed by atoms with Gasteiger partial charge >= 0.3 is 0 Å². The van der Waals surface area contributed by atoms with Crippen molar-refractivity contribution < 1.29 is 37.1 Å². The zero-order valence-corrected chi connectivity index (χ0v) is 9.12. The van der Waals surface area contributed by atoms with E-state index in [0.717, 1.165) is 0 Å². The van der Waals surface area contributed by atoms with Gasteiger partial charge in [0, 0.05) is 44.4 Å². The van der Waals surface area contributed by atoms with Crippen LogP contribution < -0.4 is 5.43 Å². The third-order valence-electron chi connectivity index (χ3n) is 1.51. The number of fused-ring (bicyclic) bond motifs is 1. The quantitative estimate of drug-likeness (QED) is 0.648. The second kappa shape index (κ2) is 3.97. The van der Waals surface area contributed by atoms with E-state index in [-0.39, 0.29) is 38.1 Å². The van der Waals surface area contributed by atoms with Crippen LogP contribution >= 0.6 is 0 Å². The first-order valence-electron chi connectivity index (χ1n) is 3.26. The Hall–Kier alpha value is -0.466. The molecule has 0 fully saturated rings. The van der Waals surface area contributed by atoms with Crippen LogP contribution in [0.2, 0.25) is 0 Å². The first-order chi connectivity index (χ1) is 5.38. The number of hydrogen-bond acceptors (Lipinski definition) is 2. The van der Waals surface area contributed by atoms with Gasteiger partial charge in [0.25, 0.3) is 0 Å². The molecule has 0 bridgehead atoms. The molecule has 0 aliphatic rings. The van der Waals surface area contributed by atoms with Crippen LogP contribution in [0.5, 0.6) is 0 Å². The average Bonchev–Trinajstić information content (AvgIpc) is 2.06.